The summed E-state index contributed by atoms with van der Waals surface area (Å²) < 4.78 is 16.1. The summed E-state index contributed by atoms with van der Waals surface area (Å²) in [6.07, 6.45) is 0.289. The van der Waals surface area contributed by atoms with Crippen LogP contribution >= 0.6 is 0 Å². The molecule has 1 atom stereocenters. The molecule has 0 heterocycles. The van der Waals surface area contributed by atoms with E-state index in [0.717, 1.165) is 41.3 Å². The van der Waals surface area contributed by atoms with E-state index in [4.69, 9.17) is 14.2 Å². The molecule has 0 unspecified atom stereocenters. The topological polar surface area (TPSA) is 60.0 Å². The highest BCUT2D eigenvalue weighted by Gasteiger charge is 2.07. The molecular formula is C20H27NO4. The fourth-order valence-electron chi connectivity index (χ4n) is 2.49. The maximum atomic E-state index is 10.0. The van der Waals surface area contributed by atoms with E-state index >= 15 is 0 Å². The van der Waals surface area contributed by atoms with Crippen LogP contribution in [0.1, 0.15) is 11.1 Å². The van der Waals surface area contributed by atoms with Crippen molar-refractivity contribution in [1.82, 2.24) is 5.32 Å². The van der Waals surface area contributed by atoms with Gasteiger partial charge in [-0.15, -0.1) is 0 Å². The number of ether oxygens (including phenoxy) is 3. The van der Waals surface area contributed by atoms with E-state index in [0.29, 0.717) is 6.54 Å². The Balaban J connectivity index is 1.68. The predicted molar refractivity (Wildman–Crippen MR) is 98.8 cm³/mol. The fourth-order valence-corrected chi connectivity index (χ4v) is 2.49. The average molecular weight is 345 g/mol. The number of aliphatic hydroxyl groups is 1. The highest BCUT2D eigenvalue weighted by molar-refractivity contribution is 5.42. The third kappa shape index (κ3) is 6.29. The van der Waals surface area contributed by atoms with E-state index in [1.54, 1.807) is 14.2 Å². The lowest BCUT2D eigenvalue weighted by Gasteiger charge is -2.14. The number of methoxy groups -OCH3 is 2. The van der Waals surface area contributed by atoms with Crippen LogP contribution in [0.5, 0.6) is 17.2 Å². The molecule has 0 bridgehead atoms. The lowest BCUT2D eigenvalue weighted by atomic mass is 10.1. The molecule has 2 aromatic carbocycles. The molecule has 2 rings (SSSR count). The Morgan fingerprint density at radius 2 is 1.84 bits per heavy atom. The molecule has 136 valence electrons. The van der Waals surface area contributed by atoms with Gasteiger partial charge in [0, 0.05) is 6.54 Å². The number of hydrogen-bond acceptors (Lipinski definition) is 5. The van der Waals surface area contributed by atoms with Gasteiger partial charge in [0.05, 0.1) is 14.2 Å². The SMILES string of the molecule is COc1ccc(CCNC[C@H](O)COc2cccc(C)c2)cc1OC. The minimum Gasteiger partial charge on any atom is -0.493 e. The van der Waals surface area contributed by atoms with Crippen molar-refractivity contribution >= 4 is 0 Å². The van der Waals surface area contributed by atoms with Crippen LogP contribution < -0.4 is 19.5 Å². The Hall–Kier alpha value is -2.24. The summed E-state index contributed by atoms with van der Waals surface area (Å²) in [7, 11) is 3.25. The molecule has 5 heteroatoms. The van der Waals surface area contributed by atoms with Gasteiger partial charge >= 0.3 is 0 Å². The minimum absolute atomic E-state index is 0.271. The van der Waals surface area contributed by atoms with Gasteiger partial charge in [0.2, 0.25) is 0 Å². The molecule has 2 aromatic rings. The van der Waals surface area contributed by atoms with Crippen molar-refractivity contribution < 1.29 is 19.3 Å². The van der Waals surface area contributed by atoms with Gasteiger partial charge in [-0.2, -0.15) is 0 Å². The van der Waals surface area contributed by atoms with Crippen LogP contribution in [-0.2, 0) is 6.42 Å². The zero-order valence-corrected chi connectivity index (χ0v) is 15.1. The van der Waals surface area contributed by atoms with Gasteiger partial charge in [-0.1, -0.05) is 18.2 Å². The van der Waals surface area contributed by atoms with Gasteiger partial charge in [0.1, 0.15) is 18.5 Å². The van der Waals surface area contributed by atoms with Crippen molar-refractivity contribution in [3.63, 3.8) is 0 Å². The van der Waals surface area contributed by atoms with E-state index in [2.05, 4.69) is 5.32 Å². The number of rotatable bonds is 10. The minimum atomic E-state index is -0.550. The molecule has 0 fully saturated rings. The van der Waals surface area contributed by atoms with Crippen LogP contribution in [0, 0.1) is 6.92 Å². The molecule has 5 nitrogen and oxygen atoms in total. The number of aryl methyl sites for hydroxylation is 1. The first-order valence-electron chi connectivity index (χ1n) is 8.41. The van der Waals surface area contributed by atoms with Crippen molar-refractivity contribution in [3.8, 4) is 17.2 Å². The molecule has 0 amide bonds. The first-order valence-corrected chi connectivity index (χ1v) is 8.41. The van der Waals surface area contributed by atoms with E-state index in [1.165, 1.54) is 0 Å². The maximum Gasteiger partial charge on any atom is 0.160 e. The van der Waals surface area contributed by atoms with Gasteiger partial charge in [0.25, 0.3) is 0 Å². The first-order chi connectivity index (χ1) is 12.1. The Labute approximate surface area is 149 Å². The molecular weight excluding hydrogens is 318 g/mol. The quantitative estimate of drug-likeness (QED) is 0.648. The summed E-state index contributed by atoms with van der Waals surface area (Å²) in [5, 5.41) is 13.2. The molecule has 0 aromatic heterocycles. The van der Waals surface area contributed by atoms with Crippen LogP contribution in [0.3, 0.4) is 0 Å². The summed E-state index contributed by atoms with van der Waals surface area (Å²) in [6, 6.07) is 13.7. The second-order valence-corrected chi connectivity index (χ2v) is 5.92. The van der Waals surface area contributed by atoms with E-state index in [1.807, 2.05) is 49.4 Å². The van der Waals surface area contributed by atoms with E-state index < -0.39 is 6.10 Å². The van der Waals surface area contributed by atoms with Crippen LogP contribution in [-0.4, -0.2) is 45.1 Å². The molecule has 25 heavy (non-hydrogen) atoms. The lowest BCUT2D eigenvalue weighted by Crippen LogP contribution is -2.32. The van der Waals surface area contributed by atoms with Crippen LogP contribution in [0.2, 0.25) is 0 Å². The van der Waals surface area contributed by atoms with Crippen LogP contribution in [0.25, 0.3) is 0 Å². The van der Waals surface area contributed by atoms with Gasteiger partial charge in [0.15, 0.2) is 11.5 Å². The summed E-state index contributed by atoms with van der Waals surface area (Å²) in [5.41, 5.74) is 2.29. The Bertz CT molecular complexity index is 660. The summed E-state index contributed by atoms with van der Waals surface area (Å²) >= 11 is 0. The molecule has 2 N–H and O–H groups in total. The normalized spacial score (nSPS) is 11.8. The van der Waals surface area contributed by atoms with Gasteiger partial charge in [-0.05, 0) is 55.3 Å². The summed E-state index contributed by atoms with van der Waals surface area (Å²) in [5.74, 6) is 2.24. The van der Waals surface area contributed by atoms with Gasteiger partial charge in [-0.3, -0.25) is 0 Å². The molecule has 0 aliphatic heterocycles. The Morgan fingerprint density at radius 3 is 2.56 bits per heavy atom. The largest absolute Gasteiger partial charge is 0.493 e. The Morgan fingerprint density at radius 1 is 1.04 bits per heavy atom. The fraction of sp³-hybridized carbons (Fsp3) is 0.400. The molecule has 0 spiro atoms. The monoisotopic (exact) mass is 345 g/mol. The molecule has 0 aliphatic carbocycles. The summed E-state index contributed by atoms with van der Waals surface area (Å²) in [4.78, 5) is 0. The van der Waals surface area contributed by atoms with Crippen molar-refractivity contribution in [3.05, 3.63) is 53.6 Å². The highest BCUT2D eigenvalue weighted by atomic mass is 16.5. The Kier molecular flexibility index (Phi) is 7.57. The number of aliphatic hydroxyl groups excluding tert-OH is 1. The second-order valence-electron chi connectivity index (χ2n) is 5.92. The molecule has 0 radical (unpaired) electrons. The van der Waals surface area contributed by atoms with E-state index in [-0.39, 0.29) is 6.61 Å². The molecule has 0 saturated heterocycles. The number of benzene rings is 2. The maximum absolute atomic E-state index is 10.0. The van der Waals surface area contributed by atoms with Crippen LogP contribution in [0.15, 0.2) is 42.5 Å². The zero-order chi connectivity index (χ0) is 18.1. The molecule has 0 aliphatic rings. The van der Waals surface area contributed by atoms with Crippen molar-refractivity contribution in [2.45, 2.75) is 19.4 Å². The second kappa shape index (κ2) is 9.91. The molecule has 0 saturated carbocycles. The van der Waals surface area contributed by atoms with Gasteiger partial charge < -0.3 is 24.6 Å². The smallest absolute Gasteiger partial charge is 0.160 e. The number of hydrogen-bond donors (Lipinski definition) is 2. The zero-order valence-electron chi connectivity index (χ0n) is 15.1. The standard InChI is InChI=1S/C20H27NO4/c1-15-5-4-6-18(11-15)25-14-17(22)13-21-10-9-16-7-8-19(23-2)20(12-16)24-3/h4-8,11-12,17,21-22H,9-10,13-14H2,1-3H3/t17-/m0/s1. The third-order valence-electron chi connectivity index (χ3n) is 3.85. The van der Waals surface area contributed by atoms with Gasteiger partial charge in [-0.25, -0.2) is 0 Å². The summed E-state index contributed by atoms with van der Waals surface area (Å²) in [6.45, 7) is 3.53. The van der Waals surface area contributed by atoms with Crippen molar-refractivity contribution in [2.24, 2.45) is 0 Å². The first kappa shape index (κ1) is 19.1. The van der Waals surface area contributed by atoms with Crippen molar-refractivity contribution in [1.29, 1.82) is 0 Å². The third-order valence-corrected chi connectivity index (χ3v) is 3.85. The number of nitrogens with one attached hydrogen (secondary N) is 1. The lowest BCUT2D eigenvalue weighted by molar-refractivity contribution is 0.106. The average Bonchev–Trinajstić information content (AvgIpc) is 2.63. The van der Waals surface area contributed by atoms with Crippen molar-refractivity contribution in [2.75, 3.05) is 33.9 Å². The predicted octanol–water partition coefficient (Wildman–Crippen LogP) is 2.58. The van der Waals surface area contributed by atoms with Crippen LogP contribution in [0.4, 0.5) is 0 Å². The van der Waals surface area contributed by atoms with E-state index in [9.17, 15) is 5.11 Å². The highest BCUT2D eigenvalue weighted by Crippen LogP contribution is 2.27.